The van der Waals surface area contributed by atoms with Crippen molar-refractivity contribution in [2.45, 2.75) is 19.4 Å². The number of amides is 2. The van der Waals surface area contributed by atoms with Crippen LogP contribution in [0, 0.1) is 11.6 Å². The third kappa shape index (κ3) is 4.06. The number of halogens is 3. The smallest absolute Gasteiger partial charge is 0.326 e. The van der Waals surface area contributed by atoms with E-state index in [1.54, 1.807) is 6.92 Å². The number of anilines is 1. The van der Waals surface area contributed by atoms with Crippen molar-refractivity contribution in [2.24, 2.45) is 0 Å². The van der Waals surface area contributed by atoms with Gasteiger partial charge in [0, 0.05) is 6.07 Å². The van der Waals surface area contributed by atoms with Crippen molar-refractivity contribution in [3.05, 3.63) is 28.8 Å². The molecule has 0 unspecified atom stereocenters. The second-order valence-electron chi connectivity index (χ2n) is 3.64. The molecular weight excluding hydrogens is 282 g/mol. The molecule has 0 heterocycles. The number of carboxylic acid groups (broad SMARTS) is 1. The van der Waals surface area contributed by atoms with Gasteiger partial charge in [0.1, 0.15) is 11.9 Å². The number of aliphatic carboxylic acids is 1. The molecule has 1 rings (SSSR count). The molecule has 0 saturated carbocycles. The summed E-state index contributed by atoms with van der Waals surface area (Å²) in [5.41, 5.74) is -0.416. The third-order valence-electron chi connectivity index (χ3n) is 2.26. The second kappa shape index (κ2) is 6.33. The molecule has 2 amide bonds. The Kier molecular flexibility index (Phi) is 5.05. The standard InChI is InChI=1S/C11H11ClF2N2O3/c1-2-8(10(17)18)15-11(19)16-9-6(12)3-5(13)4-7(9)14/h3-4,8H,2H2,1H3,(H,17,18)(H2,15,16,19)/t8-/m0/s1. The predicted octanol–water partition coefficient (Wildman–Crippen LogP) is 2.60. The van der Waals surface area contributed by atoms with Crippen molar-refractivity contribution in [3.63, 3.8) is 0 Å². The molecule has 0 aromatic heterocycles. The average molecular weight is 293 g/mol. The summed E-state index contributed by atoms with van der Waals surface area (Å²) in [5.74, 6) is -3.16. The number of carbonyl (C=O) groups excluding carboxylic acids is 1. The largest absolute Gasteiger partial charge is 0.480 e. The van der Waals surface area contributed by atoms with E-state index in [0.717, 1.165) is 6.07 Å². The summed E-state index contributed by atoms with van der Waals surface area (Å²) in [4.78, 5) is 22.2. The van der Waals surface area contributed by atoms with Crippen LogP contribution in [0.15, 0.2) is 12.1 Å². The number of nitrogens with one attached hydrogen (secondary N) is 2. The van der Waals surface area contributed by atoms with Crippen LogP contribution in [0.5, 0.6) is 0 Å². The van der Waals surface area contributed by atoms with E-state index in [-0.39, 0.29) is 11.4 Å². The maximum Gasteiger partial charge on any atom is 0.326 e. The van der Waals surface area contributed by atoms with Crippen LogP contribution >= 0.6 is 11.6 Å². The minimum atomic E-state index is -1.22. The number of urea groups is 1. The zero-order valence-corrected chi connectivity index (χ0v) is 10.6. The first-order valence-corrected chi connectivity index (χ1v) is 5.67. The molecule has 104 valence electrons. The van der Waals surface area contributed by atoms with Crippen LogP contribution in [0.2, 0.25) is 5.02 Å². The van der Waals surface area contributed by atoms with Crippen molar-refractivity contribution in [2.75, 3.05) is 5.32 Å². The van der Waals surface area contributed by atoms with Gasteiger partial charge in [-0.05, 0) is 12.5 Å². The highest BCUT2D eigenvalue weighted by molar-refractivity contribution is 6.33. The lowest BCUT2D eigenvalue weighted by Gasteiger charge is -2.14. The summed E-state index contributed by atoms with van der Waals surface area (Å²) >= 11 is 5.57. The molecular formula is C11H11ClF2N2O3. The van der Waals surface area contributed by atoms with E-state index in [4.69, 9.17) is 16.7 Å². The van der Waals surface area contributed by atoms with E-state index < -0.39 is 35.4 Å². The molecule has 19 heavy (non-hydrogen) atoms. The molecule has 0 aliphatic carbocycles. The Labute approximate surface area is 112 Å². The fraction of sp³-hybridized carbons (Fsp3) is 0.273. The number of carbonyl (C=O) groups is 2. The monoisotopic (exact) mass is 292 g/mol. The first kappa shape index (κ1) is 15.2. The number of benzene rings is 1. The van der Waals surface area contributed by atoms with Crippen LogP contribution in [0.3, 0.4) is 0 Å². The van der Waals surface area contributed by atoms with Crippen molar-refractivity contribution in [3.8, 4) is 0 Å². The van der Waals surface area contributed by atoms with Crippen LogP contribution in [0.25, 0.3) is 0 Å². The van der Waals surface area contributed by atoms with Crippen LogP contribution in [0.4, 0.5) is 19.3 Å². The van der Waals surface area contributed by atoms with E-state index in [1.807, 2.05) is 5.32 Å². The maximum absolute atomic E-state index is 13.4. The van der Waals surface area contributed by atoms with Crippen LogP contribution in [0.1, 0.15) is 13.3 Å². The molecule has 0 aliphatic heterocycles. The molecule has 0 aliphatic rings. The van der Waals surface area contributed by atoms with Gasteiger partial charge in [0.25, 0.3) is 0 Å². The summed E-state index contributed by atoms with van der Waals surface area (Å²) < 4.78 is 26.2. The Bertz CT molecular complexity index is 488. The van der Waals surface area contributed by atoms with E-state index in [1.165, 1.54) is 0 Å². The van der Waals surface area contributed by atoms with E-state index in [0.29, 0.717) is 6.07 Å². The molecule has 5 nitrogen and oxygen atoms in total. The number of rotatable bonds is 4. The van der Waals surface area contributed by atoms with Crippen LogP contribution in [-0.2, 0) is 4.79 Å². The van der Waals surface area contributed by atoms with E-state index >= 15 is 0 Å². The predicted molar refractivity (Wildman–Crippen MR) is 65.2 cm³/mol. The lowest BCUT2D eigenvalue weighted by molar-refractivity contribution is -0.139. The quantitative estimate of drug-likeness (QED) is 0.798. The third-order valence-corrected chi connectivity index (χ3v) is 2.56. The summed E-state index contributed by atoms with van der Waals surface area (Å²) in [6, 6.07) is -0.672. The Morgan fingerprint density at radius 1 is 1.42 bits per heavy atom. The van der Waals surface area contributed by atoms with E-state index in [2.05, 4.69) is 5.32 Å². The van der Waals surface area contributed by atoms with Gasteiger partial charge in [0.15, 0.2) is 5.82 Å². The highest BCUT2D eigenvalue weighted by Gasteiger charge is 2.19. The zero-order valence-electron chi connectivity index (χ0n) is 9.84. The zero-order chi connectivity index (χ0) is 14.6. The van der Waals surface area contributed by atoms with Crippen molar-refractivity contribution in [1.82, 2.24) is 5.32 Å². The number of hydrogen-bond donors (Lipinski definition) is 3. The molecule has 8 heteroatoms. The molecule has 0 fully saturated rings. The average Bonchev–Trinajstić information content (AvgIpc) is 2.30. The van der Waals surface area contributed by atoms with Crippen molar-refractivity contribution >= 4 is 29.3 Å². The van der Waals surface area contributed by atoms with Gasteiger partial charge in [0.2, 0.25) is 0 Å². The molecule has 1 atom stereocenters. The SMILES string of the molecule is CC[C@H](NC(=O)Nc1c(F)cc(F)cc1Cl)C(=O)O. The lowest BCUT2D eigenvalue weighted by atomic mass is 10.2. The minimum absolute atomic E-state index is 0.155. The van der Waals surface area contributed by atoms with Gasteiger partial charge in [-0.1, -0.05) is 18.5 Å². The normalized spacial score (nSPS) is 11.8. The van der Waals surface area contributed by atoms with Crippen LogP contribution in [-0.4, -0.2) is 23.1 Å². The molecule has 0 saturated heterocycles. The molecule has 3 N–H and O–H groups in total. The Balaban J connectivity index is 2.80. The first-order chi connectivity index (χ1) is 8.85. The Hall–Kier alpha value is -1.89. The highest BCUT2D eigenvalue weighted by atomic mass is 35.5. The van der Waals surface area contributed by atoms with Gasteiger partial charge in [0.05, 0.1) is 10.7 Å². The Morgan fingerprint density at radius 3 is 2.53 bits per heavy atom. The minimum Gasteiger partial charge on any atom is -0.480 e. The Morgan fingerprint density at radius 2 is 2.05 bits per heavy atom. The maximum atomic E-state index is 13.4. The fourth-order valence-electron chi connectivity index (χ4n) is 1.31. The number of carboxylic acids is 1. The van der Waals surface area contributed by atoms with E-state index in [9.17, 15) is 18.4 Å². The lowest BCUT2D eigenvalue weighted by Crippen LogP contribution is -2.42. The van der Waals surface area contributed by atoms with Crippen LogP contribution < -0.4 is 10.6 Å². The summed E-state index contributed by atoms with van der Waals surface area (Å²) in [5, 5.41) is 12.6. The van der Waals surface area contributed by atoms with Gasteiger partial charge in [-0.3, -0.25) is 0 Å². The highest BCUT2D eigenvalue weighted by Crippen LogP contribution is 2.26. The molecule has 0 radical (unpaired) electrons. The topological polar surface area (TPSA) is 78.4 Å². The van der Waals surface area contributed by atoms with Gasteiger partial charge in [-0.2, -0.15) is 0 Å². The molecule has 1 aromatic carbocycles. The fourth-order valence-corrected chi connectivity index (χ4v) is 1.55. The first-order valence-electron chi connectivity index (χ1n) is 5.30. The van der Waals surface area contributed by atoms with Gasteiger partial charge in [-0.25, -0.2) is 18.4 Å². The van der Waals surface area contributed by atoms with Crippen molar-refractivity contribution < 1.29 is 23.5 Å². The van der Waals surface area contributed by atoms with Gasteiger partial charge < -0.3 is 15.7 Å². The molecule has 0 spiro atoms. The molecule has 0 bridgehead atoms. The summed E-state index contributed by atoms with van der Waals surface area (Å²) in [7, 11) is 0. The van der Waals surface area contributed by atoms with Gasteiger partial charge >= 0.3 is 12.0 Å². The second-order valence-corrected chi connectivity index (χ2v) is 4.05. The number of hydrogen-bond acceptors (Lipinski definition) is 2. The molecule has 1 aromatic rings. The van der Waals surface area contributed by atoms with Crippen molar-refractivity contribution in [1.29, 1.82) is 0 Å². The summed E-state index contributed by atoms with van der Waals surface area (Å²) in [6.45, 7) is 1.56. The van der Waals surface area contributed by atoms with Gasteiger partial charge in [-0.15, -0.1) is 0 Å². The summed E-state index contributed by atoms with van der Waals surface area (Å²) in [6.07, 6.45) is 0.155.